The quantitative estimate of drug-likeness (QED) is 0.476. The standard InChI is InChI=1S/C15H15N3O3S/c19-14-13(10-11-4-6-12(7-5-11)18(20)21)22-15(16-14)17-8-2-1-3-9-17/h4-7,10H,1-3,8-9H2/b13-10-. The van der Waals surface area contributed by atoms with Crippen molar-refractivity contribution in [3.63, 3.8) is 0 Å². The summed E-state index contributed by atoms with van der Waals surface area (Å²) in [6, 6.07) is 6.14. The van der Waals surface area contributed by atoms with Crippen LogP contribution in [0.5, 0.6) is 0 Å². The highest BCUT2D eigenvalue weighted by atomic mass is 32.2. The number of amidine groups is 1. The zero-order valence-corrected chi connectivity index (χ0v) is 12.7. The molecule has 3 rings (SSSR count). The Morgan fingerprint density at radius 3 is 2.50 bits per heavy atom. The van der Waals surface area contributed by atoms with Crippen LogP contribution in [0.15, 0.2) is 34.2 Å². The highest BCUT2D eigenvalue weighted by molar-refractivity contribution is 8.18. The van der Waals surface area contributed by atoms with Crippen molar-refractivity contribution in [3.05, 3.63) is 44.8 Å². The molecule has 0 radical (unpaired) electrons. The molecule has 0 aliphatic carbocycles. The summed E-state index contributed by atoms with van der Waals surface area (Å²) in [6.45, 7) is 1.90. The minimum atomic E-state index is -0.441. The van der Waals surface area contributed by atoms with E-state index >= 15 is 0 Å². The van der Waals surface area contributed by atoms with Gasteiger partial charge in [0.1, 0.15) is 0 Å². The Kier molecular flexibility index (Phi) is 4.24. The predicted octanol–water partition coefficient (Wildman–Crippen LogP) is 3.05. The maximum absolute atomic E-state index is 12.0. The number of nitro groups is 1. The van der Waals surface area contributed by atoms with Gasteiger partial charge in [-0.25, -0.2) is 0 Å². The smallest absolute Gasteiger partial charge is 0.286 e. The second kappa shape index (κ2) is 6.31. The number of likely N-dealkylation sites (tertiary alicyclic amines) is 1. The number of thioether (sulfide) groups is 1. The molecule has 2 aliphatic heterocycles. The number of rotatable bonds is 2. The van der Waals surface area contributed by atoms with E-state index in [2.05, 4.69) is 9.89 Å². The summed E-state index contributed by atoms with van der Waals surface area (Å²) in [6.07, 6.45) is 5.23. The molecule has 2 heterocycles. The van der Waals surface area contributed by atoms with Crippen LogP contribution in [-0.2, 0) is 4.79 Å². The lowest BCUT2D eigenvalue weighted by Gasteiger charge is -2.27. The van der Waals surface area contributed by atoms with E-state index in [1.165, 1.54) is 30.3 Å². The van der Waals surface area contributed by atoms with Crippen LogP contribution in [0.3, 0.4) is 0 Å². The number of non-ortho nitro benzene ring substituents is 1. The summed E-state index contributed by atoms with van der Waals surface area (Å²) in [5.74, 6) is -0.232. The molecule has 0 unspecified atom stereocenters. The van der Waals surface area contributed by atoms with E-state index in [0.29, 0.717) is 4.91 Å². The average molecular weight is 317 g/mol. The lowest BCUT2D eigenvalue weighted by Crippen LogP contribution is -2.33. The molecule has 1 amide bonds. The van der Waals surface area contributed by atoms with Crippen LogP contribution in [0.2, 0.25) is 0 Å². The monoisotopic (exact) mass is 317 g/mol. The van der Waals surface area contributed by atoms with E-state index in [4.69, 9.17) is 0 Å². The number of carbonyl (C=O) groups is 1. The number of hydrogen-bond acceptors (Lipinski definition) is 5. The normalized spacial score (nSPS) is 20.4. The number of nitro benzene ring substituents is 1. The van der Waals surface area contributed by atoms with Crippen LogP contribution < -0.4 is 0 Å². The van der Waals surface area contributed by atoms with Crippen molar-refractivity contribution in [2.75, 3.05) is 13.1 Å². The number of piperidine rings is 1. The highest BCUT2D eigenvalue weighted by Gasteiger charge is 2.26. The second-order valence-electron chi connectivity index (χ2n) is 5.21. The Hall–Kier alpha value is -2.15. The molecule has 0 bridgehead atoms. The van der Waals surface area contributed by atoms with Crippen LogP contribution in [-0.4, -0.2) is 34.0 Å². The molecule has 1 aromatic rings. The van der Waals surface area contributed by atoms with Crippen LogP contribution in [0.4, 0.5) is 5.69 Å². The van der Waals surface area contributed by atoms with Crippen molar-refractivity contribution in [2.45, 2.75) is 19.3 Å². The number of aliphatic imine (C=N–C) groups is 1. The van der Waals surface area contributed by atoms with Gasteiger partial charge in [0.2, 0.25) is 0 Å². The third-order valence-corrected chi connectivity index (χ3v) is 4.68. The van der Waals surface area contributed by atoms with Gasteiger partial charge in [-0.05, 0) is 54.8 Å². The Morgan fingerprint density at radius 1 is 1.18 bits per heavy atom. The fraction of sp³-hybridized carbons (Fsp3) is 0.333. The first-order valence-corrected chi connectivity index (χ1v) is 7.97. The van der Waals surface area contributed by atoms with Gasteiger partial charge in [0.15, 0.2) is 5.17 Å². The van der Waals surface area contributed by atoms with E-state index in [1.807, 2.05) is 0 Å². The van der Waals surface area contributed by atoms with Crippen molar-refractivity contribution in [1.29, 1.82) is 0 Å². The molecule has 1 fully saturated rings. The molecule has 0 saturated carbocycles. The number of hydrogen-bond donors (Lipinski definition) is 0. The summed E-state index contributed by atoms with van der Waals surface area (Å²) in [5.41, 5.74) is 0.800. The molecular weight excluding hydrogens is 302 g/mol. The zero-order chi connectivity index (χ0) is 15.5. The molecule has 1 saturated heterocycles. The summed E-state index contributed by atoms with van der Waals surface area (Å²) >= 11 is 1.38. The van der Waals surface area contributed by atoms with Gasteiger partial charge in [0.25, 0.3) is 11.6 Å². The van der Waals surface area contributed by atoms with Crippen LogP contribution in [0.1, 0.15) is 24.8 Å². The topological polar surface area (TPSA) is 75.8 Å². The van der Waals surface area contributed by atoms with E-state index in [0.717, 1.165) is 36.7 Å². The first-order chi connectivity index (χ1) is 10.6. The molecule has 22 heavy (non-hydrogen) atoms. The molecule has 0 atom stereocenters. The van der Waals surface area contributed by atoms with Crippen molar-refractivity contribution < 1.29 is 9.72 Å². The minimum Gasteiger partial charge on any atom is -0.351 e. The van der Waals surface area contributed by atoms with Crippen LogP contribution >= 0.6 is 11.8 Å². The Balaban J connectivity index is 1.73. The van der Waals surface area contributed by atoms with Gasteiger partial charge < -0.3 is 4.90 Å². The Bertz CT molecular complexity index is 661. The number of carbonyl (C=O) groups excluding carboxylic acids is 1. The molecule has 0 N–H and O–H groups in total. The van der Waals surface area contributed by atoms with E-state index in [-0.39, 0.29) is 11.6 Å². The van der Waals surface area contributed by atoms with Gasteiger partial charge in [-0.3, -0.25) is 14.9 Å². The molecule has 114 valence electrons. The lowest BCUT2D eigenvalue weighted by molar-refractivity contribution is -0.384. The first-order valence-electron chi connectivity index (χ1n) is 7.15. The molecule has 6 nitrogen and oxygen atoms in total. The fourth-order valence-electron chi connectivity index (χ4n) is 2.46. The highest BCUT2D eigenvalue weighted by Crippen LogP contribution is 2.31. The summed E-state index contributed by atoms with van der Waals surface area (Å²) in [7, 11) is 0. The molecule has 2 aliphatic rings. The number of nitrogens with zero attached hydrogens (tertiary/aromatic N) is 3. The van der Waals surface area contributed by atoms with Gasteiger partial charge in [0.05, 0.1) is 9.83 Å². The fourth-order valence-corrected chi connectivity index (χ4v) is 3.43. The van der Waals surface area contributed by atoms with Gasteiger partial charge in [-0.15, -0.1) is 0 Å². The Morgan fingerprint density at radius 2 is 1.86 bits per heavy atom. The first kappa shape index (κ1) is 14.8. The lowest BCUT2D eigenvalue weighted by atomic mass is 10.1. The summed E-state index contributed by atoms with van der Waals surface area (Å²) < 4.78 is 0. The van der Waals surface area contributed by atoms with Crippen molar-refractivity contribution >= 4 is 34.6 Å². The van der Waals surface area contributed by atoms with Crippen molar-refractivity contribution in [2.24, 2.45) is 4.99 Å². The zero-order valence-electron chi connectivity index (χ0n) is 11.9. The predicted molar refractivity (Wildman–Crippen MR) is 86.5 cm³/mol. The third kappa shape index (κ3) is 3.19. The third-order valence-electron chi connectivity index (χ3n) is 3.64. The molecule has 7 heteroatoms. The maximum Gasteiger partial charge on any atom is 0.286 e. The number of benzene rings is 1. The second-order valence-corrected chi connectivity index (χ2v) is 6.22. The van der Waals surface area contributed by atoms with Crippen molar-refractivity contribution in [3.8, 4) is 0 Å². The van der Waals surface area contributed by atoms with Crippen LogP contribution in [0, 0.1) is 10.1 Å². The molecule has 1 aromatic carbocycles. The van der Waals surface area contributed by atoms with Crippen molar-refractivity contribution in [1.82, 2.24) is 4.90 Å². The largest absolute Gasteiger partial charge is 0.351 e. The summed E-state index contributed by atoms with van der Waals surface area (Å²) in [4.78, 5) is 29.0. The number of amides is 1. The van der Waals surface area contributed by atoms with Gasteiger partial charge in [-0.1, -0.05) is 0 Å². The van der Waals surface area contributed by atoms with Gasteiger partial charge >= 0.3 is 0 Å². The van der Waals surface area contributed by atoms with E-state index in [9.17, 15) is 14.9 Å². The molecule has 0 aromatic heterocycles. The minimum absolute atomic E-state index is 0.0396. The van der Waals surface area contributed by atoms with E-state index in [1.54, 1.807) is 18.2 Å². The average Bonchev–Trinajstić information content (AvgIpc) is 2.90. The Labute approximate surface area is 132 Å². The SMILES string of the molecule is O=C1N=C(N2CCCCC2)S/C1=C\c1ccc([N+](=O)[O-])cc1. The maximum atomic E-state index is 12.0. The van der Waals surface area contributed by atoms with Gasteiger partial charge in [-0.2, -0.15) is 4.99 Å². The van der Waals surface area contributed by atoms with E-state index < -0.39 is 4.92 Å². The summed E-state index contributed by atoms with van der Waals surface area (Å²) in [5, 5.41) is 11.4. The van der Waals surface area contributed by atoms with Crippen LogP contribution in [0.25, 0.3) is 6.08 Å². The molecular formula is C15H15N3O3S. The van der Waals surface area contributed by atoms with Gasteiger partial charge in [0, 0.05) is 25.2 Å². The molecule has 0 spiro atoms.